The van der Waals surface area contributed by atoms with Crippen LogP contribution in [-0.2, 0) is 13.0 Å². The van der Waals surface area contributed by atoms with Gasteiger partial charge in [-0.3, -0.25) is 0 Å². The third-order valence-corrected chi connectivity index (χ3v) is 6.24. The molecule has 3 heterocycles. The van der Waals surface area contributed by atoms with Crippen LogP contribution in [0.1, 0.15) is 24.0 Å². The number of anilines is 2. The number of aliphatic hydroxyl groups excluding tert-OH is 1. The minimum absolute atomic E-state index is 0.162. The Kier molecular flexibility index (Phi) is 4.84. The predicted octanol–water partition coefficient (Wildman–Crippen LogP) is 3.42. The molecule has 1 fully saturated rings. The minimum atomic E-state index is 0.162. The van der Waals surface area contributed by atoms with E-state index >= 15 is 0 Å². The Morgan fingerprint density at radius 1 is 1.20 bits per heavy atom. The molecule has 1 aromatic carbocycles. The Balaban J connectivity index is 1.61. The number of aliphatic hydroxyl groups is 1. The number of hydrogen-bond acceptors (Lipinski definition) is 5. The minimum Gasteiger partial charge on any atom is -0.394 e. The summed E-state index contributed by atoms with van der Waals surface area (Å²) in [6.45, 7) is 2.74. The summed E-state index contributed by atoms with van der Waals surface area (Å²) in [5.74, 6) is 1.81. The van der Waals surface area contributed by atoms with E-state index in [0.29, 0.717) is 0 Å². The zero-order chi connectivity index (χ0) is 17.4. The van der Waals surface area contributed by atoms with Gasteiger partial charge in [0.05, 0.1) is 12.6 Å². The number of aromatic nitrogens is 2. The molecule has 1 aromatic heterocycles. The summed E-state index contributed by atoms with van der Waals surface area (Å²) in [5, 5.41) is 10.4. The van der Waals surface area contributed by atoms with Crippen molar-refractivity contribution in [3.63, 3.8) is 0 Å². The van der Waals surface area contributed by atoms with Gasteiger partial charge in [-0.15, -0.1) is 0 Å². The van der Waals surface area contributed by atoms with Crippen LogP contribution < -0.4 is 9.80 Å². The highest BCUT2D eigenvalue weighted by atomic mass is 79.9. The lowest BCUT2D eigenvalue weighted by atomic mass is 10.00. The summed E-state index contributed by atoms with van der Waals surface area (Å²) in [7, 11) is 0. The Bertz CT molecular complexity index is 788. The quantitative estimate of drug-likeness (QED) is 0.820. The molecule has 2 aromatic rings. The van der Waals surface area contributed by atoms with Gasteiger partial charge < -0.3 is 14.9 Å². The van der Waals surface area contributed by atoms with Crippen LogP contribution >= 0.6 is 27.5 Å². The summed E-state index contributed by atoms with van der Waals surface area (Å²) < 4.78 is 1.12. The van der Waals surface area contributed by atoms with Gasteiger partial charge >= 0.3 is 0 Å². The van der Waals surface area contributed by atoms with E-state index in [0.717, 1.165) is 65.6 Å². The first-order valence-corrected chi connectivity index (χ1v) is 9.74. The second kappa shape index (κ2) is 7.09. The first kappa shape index (κ1) is 17.1. The maximum atomic E-state index is 9.57. The Labute approximate surface area is 160 Å². The predicted molar refractivity (Wildman–Crippen MR) is 103 cm³/mol. The lowest BCUT2D eigenvalue weighted by Crippen LogP contribution is -2.34. The summed E-state index contributed by atoms with van der Waals surface area (Å²) in [6, 6.07) is 6.15. The molecule has 1 atom stereocenters. The Morgan fingerprint density at radius 2 is 2.04 bits per heavy atom. The zero-order valence-corrected chi connectivity index (χ0v) is 16.2. The van der Waals surface area contributed by atoms with Crippen molar-refractivity contribution in [1.82, 2.24) is 9.97 Å². The van der Waals surface area contributed by atoms with Crippen LogP contribution in [0.5, 0.6) is 0 Å². The van der Waals surface area contributed by atoms with Crippen LogP contribution in [0.25, 0.3) is 0 Å². The van der Waals surface area contributed by atoms with Gasteiger partial charge in [0, 0.05) is 35.2 Å². The average molecular weight is 424 g/mol. The molecule has 0 saturated carbocycles. The molecule has 0 aliphatic carbocycles. The van der Waals surface area contributed by atoms with Crippen molar-refractivity contribution < 1.29 is 5.11 Å². The molecular weight excluding hydrogens is 404 g/mol. The monoisotopic (exact) mass is 422 g/mol. The Hall–Kier alpha value is -1.37. The van der Waals surface area contributed by atoms with Crippen molar-refractivity contribution in [3.05, 3.63) is 45.1 Å². The SMILES string of the molecule is OCC1CCCN1c1cc(N2CCc3c(Br)ccc(Cl)c3C2)ncn1. The van der Waals surface area contributed by atoms with Gasteiger partial charge in [0.25, 0.3) is 0 Å². The third kappa shape index (κ3) is 3.23. The molecule has 2 aliphatic rings. The van der Waals surface area contributed by atoms with Crippen molar-refractivity contribution in [2.75, 3.05) is 29.5 Å². The number of hydrogen-bond donors (Lipinski definition) is 1. The van der Waals surface area contributed by atoms with E-state index < -0.39 is 0 Å². The van der Waals surface area contributed by atoms with Crippen LogP contribution in [0.4, 0.5) is 11.6 Å². The number of rotatable bonds is 3. The molecule has 0 amide bonds. The first-order valence-electron chi connectivity index (χ1n) is 8.57. The Morgan fingerprint density at radius 3 is 2.88 bits per heavy atom. The van der Waals surface area contributed by atoms with Gasteiger partial charge in [0.15, 0.2) is 0 Å². The largest absolute Gasteiger partial charge is 0.394 e. The normalized spacial score (nSPS) is 20.0. The molecule has 0 bridgehead atoms. The van der Waals surface area contributed by atoms with Gasteiger partial charge in [-0.2, -0.15) is 0 Å². The van der Waals surface area contributed by atoms with Crippen LogP contribution in [0.15, 0.2) is 29.0 Å². The molecule has 1 saturated heterocycles. The van der Waals surface area contributed by atoms with Crippen LogP contribution in [-0.4, -0.2) is 40.8 Å². The van der Waals surface area contributed by atoms with Crippen molar-refractivity contribution in [1.29, 1.82) is 0 Å². The van der Waals surface area contributed by atoms with E-state index in [1.54, 1.807) is 6.33 Å². The first-order chi connectivity index (χ1) is 12.2. The molecule has 7 heteroatoms. The van der Waals surface area contributed by atoms with Crippen molar-refractivity contribution in [2.45, 2.75) is 31.8 Å². The zero-order valence-electron chi connectivity index (χ0n) is 13.8. The van der Waals surface area contributed by atoms with Crippen LogP contribution in [0.2, 0.25) is 5.02 Å². The summed E-state index contributed by atoms with van der Waals surface area (Å²) in [4.78, 5) is 13.3. The number of nitrogens with zero attached hydrogens (tertiary/aromatic N) is 4. The molecule has 5 nitrogen and oxygen atoms in total. The smallest absolute Gasteiger partial charge is 0.134 e. The molecule has 1 N–H and O–H groups in total. The van der Waals surface area contributed by atoms with E-state index in [1.807, 2.05) is 18.2 Å². The lowest BCUT2D eigenvalue weighted by molar-refractivity contribution is 0.266. The molecule has 25 heavy (non-hydrogen) atoms. The topological polar surface area (TPSA) is 52.5 Å². The van der Waals surface area contributed by atoms with Crippen LogP contribution in [0.3, 0.4) is 0 Å². The maximum Gasteiger partial charge on any atom is 0.134 e. The standard InChI is InChI=1S/C18H20BrClN4O/c19-15-3-4-16(20)14-9-23(7-5-13(14)15)17-8-18(22-11-21-17)24-6-1-2-12(24)10-25/h3-4,8,11-12,25H,1-2,5-7,9-10H2. The molecule has 1 unspecified atom stereocenters. The van der Waals surface area contributed by atoms with E-state index in [9.17, 15) is 5.11 Å². The number of benzene rings is 1. The van der Waals surface area contributed by atoms with E-state index in [2.05, 4.69) is 35.7 Å². The fraction of sp³-hybridized carbons (Fsp3) is 0.444. The molecule has 2 aliphatic heterocycles. The summed E-state index contributed by atoms with van der Waals surface area (Å²) in [5.41, 5.74) is 2.45. The summed E-state index contributed by atoms with van der Waals surface area (Å²) in [6.07, 6.45) is 4.65. The fourth-order valence-electron chi connectivity index (χ4n) is 3.78. The fourth-order valence-corrected chi connectivity index (χ4v) is 4.59. The summed E-state index contributed by atoms with van der Waals surface area (Å²) >= 11 is 10.1. The van der Waals surface area contributed by atoms with E-state index in [1.165, 1.54) is 5.56 Å². The highest BCUT2D eigenvalue weighted by molar-refractivity contribution is 9.10. The van der Waals surface area contributed by atoms with E-state index in [4.69, 9.17) is 11.6 Å². The average Bonchev–Trinajstić information content (AvgIpc) is 3.13. The highest BCUT2D eigenvalue weighted by Crippen LogP contribution is 2.34. The highest BCUT2D eigenvalue weighted by Gasteiger charge is 2.26. The second-order valence-corrected chi connectivity index (χ2v) is 7.83. The lowest BCUT2D eigenvalue weighted by Gasteiger charge is -2.32. The van der Waals surface area contributed by atoms with Crippen molar-refractivity contribution in [2.24, 2.45) is 0 Å². The van der Waals surface area contributed by atoms with Crippen molar-refractivity contribution >= 4 is 39.2 Å². The molecule has 0 radical (unpaired) electrons. The van der Waals surface area contributed by atoms with Crippen molar-refractivity contribution in [3.8, 4) is 0 Å². The third-order valence-electron chi connectivity index (χ3n) is 5.14. The van der Waals surface area contributed by atoms with Gasteiger partial charge in [-0.1, -0.05) is 27.5 Å². The van der Waals surface area contributed by atoms with Gasteiger partial charge in [0.2, 0.25) is 0 Å². The second-order valence-electron chi connectivity index (χ2n) is 6.56. The molecule has 0 spiro atoms. The maximum absolute atomic E-state index is 9.57. The van der Waals surface area contributed by atoms with Crippen LogP contribution in [0, 0.1) is 0 Å². The number of halogens is 2. The number of fused-ring (bicyclic) bond motifs is 1. The van der Waals surface area contributed by atoms with Gasteiger partial charge in [-0.25, -0.2) is 9.97 Å². The molecular formula is C18H20BrClN4O. The van der Waals surface area contributed by atoms with Gasteiger partial charge in [0.1, 0.15) is 18.0 Å². The molecule has 4 rings (SSSR count). The van der Waals surface area contributed by atoms with Gasteiger partial charge in [-0.05, 0) is 42.5 Å². The van der Waals surface area contributed by atoms with E-state index in [-0.39, 0.29) is 12.6 Å². The molecule has 132 valence electrons.